The Labute approximate surface area is 124 Å². The fourth-order valence-electron chi connectivity index (χ4n) is 2.60. The van der Waals surface area contributed by atoms with Gasteiger partial charge in [-0.1, -0.05) is 18.2 Å². The molecule has 0 spiro atoms. The number of anilines is 1. The predicted octanol–water partition coefficient (Wildman–Crippen LogP) is 0.832. The molecule has 6 nitrogen and oxygen atoms in total. The zero-order valence-electron chi connectivity index (χ0n) is 12.0. The molecule has 0 saturated carbocycles. The molecular weight excluding hydrogens is 292 g/mol. The maximum absolute atomic E-state index is 12.4. The van der Waals surface area contributed by atoms with Crippen molar-refractivity contribution in [1.82, 2.24) is 0 Å². The summed E-state index contributed by atoms with van der Waals surface area (Å²) in [5, 5.41) is 0. The highest BCUT2D eigenvalue weighted by Crippen LogP contribution is 2.39. The second kappa shape index (κ2) is 6.44. The lowest BCUT2D eigenvalue weighted by atomic mass is 9.98. The van der Waals surface area contributed by atoms with Crippen molar-refractivity contribution in [2.75, 3.05) is 29.8 Å². The van der Waals surface area contributed by atoms with Gasteiger partial charge in [-0.2, -0.15) is 0 Å². The number of ether oxygens (including phenoxy) is 1. The Hall–Kier alpha value is -1.60. The zero-order chi connectivity index (χ0) is 15.5. The van der Waals surface area contributed by atoms with Crippen LogP contribution in [0.3, 0.4) is 0 Å². The highest BCUT2D eigenvalue weighted by molar-refractivity contribution is 7.93. The molecule has 21 heavy (non-hydrogen) atoms. The van der Waals surface area contributed by atoms with Crippen molar-refractivity contribution in [2.24, 2.45) is 5.73 Å². The van der Waals surface area contributed by atoms with Gasteiger partial charge >= 0.3 is 5.97 Å². The molecule has 1 aliphatic rings. The third-order valence-corrected chi connectivity index (χ3v) is 5.11. The van der Waals surface area contributed by atoms with Gasteiger partial charge in [-0.05, 0) is 31.5 Å². The summed E-state index contributed by atoms with van der Waals surface area (Å²) in [6, 6.07) is 7.34. The largest absolute Gasteiger partial charge is 0.465 e. The Morgan fingerprint density at radius 3 is 2.81 bits per heavy atom. The van der Waals surface area contributed by atoms with Crippen LogP contribution >= 0.6 is 0 Å². The molecule has 0 amide bonds. The molecule has 1 heterocycles. The van der Waals surface area contributed by atoms with Crippen molar-refractivity contribution in [3.8, 4) is 0 Å². The molecule has 1 atom stereocenters. The first-order chi connectivity index (χ1) is 9.99. The number of nitrogens with two attached hydrogens (primary N) is 1. The summed E-state index contributed by atoms with van der Waals surface area (Å²) in [6.07, 6.45) is 0.711. The fourth-order valence-corrected chi connectivity index (χ4v) is 4.01. The number of para-hydroxylation sites is 1. The van der Waals surface area contributed by atoms with Crippen molar-refractivity contribution in [1.29, 1.82) is 0 Å². The lowest BCUT2D eigenvalue weighted by Crippen LogP contribution is -2.35. The summed E-state index contributed by atoms with van der Waals surface area (Å²) < 4.78 is 30.9. The van der Waals surface area contributed by atoms with Gasteiger partial charge in [0.15, 0.2) is 5.75 Å². The molecule has 2 rings (SSSR count). The predicted molar refractivity (Wildman–Crippen MR) is 80.6 cm³/mol. The average Bonchev–Trinajstić information content (AvgIpc) is 2.79. The van der Waals surface area contributed by atoms with Gasteiger partial charge in [-0.3, -0.25) is 9.10 Å². The molecule has 1 aromatic rings. The number of benzene rings is 1. The average molecular weight is 312 g/mol. The van der Waals surface area contributed by atoms with E-state index in [-0.39, 0.29) is 12.5 Å². The first-order valence-electron chi connectivity index (χ1n) is 6.94. The number of hydrogen-bond donors (Lipinski definition) is 1. The Balaban J connectivity index is 2.27. The molecular formula is C14H20N2O4S. The van der Waals surface area contributed by atoms with Crippen molar-refractivity contribution in [2.45, 2.75) is 19.3 Å². The summed E-state index contributed by atoms with van der Waals surface area (Å²) in [7, 11) is -3.73. The van der Waals surface area contributed by atoms with E-state index in [2.05, 4.69) is 0 Å². The monoisotopic (exact) mass is 312 g/mol. The van der Waals surface area contributed by atoms with Crippen molar-refractivity contribution in [3.63, 3.8) is 0 Å². The summed E-state index contributed by atoms with van der Waals surface area (Å²) in [5.41, 5.74) is 7.21. The fraction of sp³-hybridized carbons (Fsp3) is 0.500. The first-order valence-corrected chi connectivity index (χ1v) is 8.55. The Bertz CT molecular complexity index is 615. The number of carbonyl (C=O) groups is 1. The summed E-state index contributed by atoms with van der Waals surface area (Å²) >= 11 is 0. The summed E-state index contributed by atoms with van der Waals surface area (Å²) in [4.78, 5) is 11.5. The number of carbonyl (C=O) groups excluding carboxylic acids is 1. The van der Waals surface area contributed by atoms with Crippen LogP contribution in [0.1, 0.15) is 24.8 Å². The second-order valence-electron chi connectivity index (χ2n) is 4.93. The van der Waals surface area contributed by atoms with Gasteiger partial charge < -0.3 is 10.5 Å². The van der Waals surface area contributed by atoms with Crippen LogP contribution in [0.15, 0.2) is 24.3 Å². The van der Waals surface area contributed by atoms with Gasteiger partial charge in [-0.25, -0.2) is 8.42 Å². The third kappa shape index (κ3) is 3.36. The Morgan fingerprint density at radius 2 is 2.14 bits per heavy atom. The topological polar surface area (TPSA) is 89.7 Å². The van der Waals surface area contributed by atoms with Crippen LogP contribution in [0.2, 0.25) is 0 Å². The second-order valence-corrected chi connectivity index (χ2v) is 6.82. The molecule has 0 fully saturated rings. The van der Waals surface area contributed by atoms with Crippen LogP contribution in [0, 0.1) is 0 Å². The first kappa shape index (κ1) is 15.8. The van der Waals surface area contributed by atoms with Crippen LogP contribution in [0.5, 0.6) is 0 Å². The van der Waals surface area contributed by atoms with Crippen LogP contribution in [0.4, 0.5) is 5.69 Å². The minimum Gasteiger partial charge on any atom is -0.465 e. The lowest BCUT2D eigenvalue weighted by molar-refractivity contribution is -0.139. The van der Waals surface area contributed by atoms with E-state index in [4.69, 9.17) is 10.5 Å². The van der Waals surface area contributed by atoms with E-state index >= 15 is 0 Å². The minimum atomic E-state index is -3.73. The van der Waals surface area contributed by atoms with Crippen LogP contribution in [-0.2, 0) is 19.6 Å². The van der Waals surface area contributed by atoms with E-state index in [0.717, 1.165) is 5.56 Å². The van der Waals surface area contributed by atoms with Crippen molar-refractivity contribution < 1.29 is 17.9 Å². The molecule has 0 aromatic heterocycles. The highest BCUT2D eigenvalue weighted by Gasteiger charge is 2.36. The summed E-state index contributed by atoms with van der Waals surface area (Å²) in [6.45, 7) is 2.64. The number of hydrogen-bond acceptors (Lipinski definition) is 5. The third-order valence-electron chi connectivity index (χ3n) is 3.49. The van der Waals surface area contributed by atoms with Crippen molar-refractivity contribution in [3.05, 3.63) is 29.8 Å². The van der Waals surface area contributed by atoms with E-state index in [1.165, 1.54) is 4.31 Å². The molecule has 2 N–H and O–H groups in total. The van der Waals surface area contributed by atoms with Crippen LogP contribution in [-0.4, -0.2) is 39.8 Å². The van der Waals surface area contributed by atoms with E-state index in [1.807, 2.05) is 12.1 Å². The van der Waals surface area contributed by atoms with E-state index < -0.39 is 21.7 Å². The van der Waals surface area contributed by atoms with Gasteiger partial charge in [0.25, 0.3) is 0 Å². The Morgan fingerprint density at radius 1 is 1.43 bits per heavy atom. The number of nitrogens with zero attached hydrogens (tertiary/aromatic N) is 1. The molecule has 0 bridgehead atoms. The SMILES string of the molecule is CCOC(=O)CS(=O)(=O)N1CC(CCN)c2ccccc21. The maximum Gasteiger partial charge on any atom is 0.323 e. The molecule has 0 aliphatic carbocycles. The number of rotatable bonds is 6. The number of esters is 1. The van der Waals surface area contributed by atoms with Crippen LogP contribution in [0.25, 0.3) is 0 Å². The van der Waals surface area contributed by atoms with Gasteiger partial charge in [0.1, 0.15) is 0 Å². The van der Waals surface area contributed by atoms with Crippen LogP contribution < -0.4 is 10.0 Å². The molecule has 0 saturated heterocycles. The molecule has 1 aliphatic heterocycles. The van der Waals surface area contributed by atoms with Gasteiger partial charge in [-0.15, -0.1) is 0 Å². The van der Waals surface area contributed by atoms with E-state index in [0.29, 0.717) is 25.2 Å². The molecule has 0 radical (unpaired) electrons. The van der Waals surface area contributed by atoms with Gasteiger partial charge in [0, 0.05) is 12.5 Å². The number of sulfonamides is 1. The van der Waals surface area contributed by atoms with Gasteiger partial charge in [0.2, 0.25) is 10.0 Å². The standard InChI is InChI=1S/C14H20N2O4S/c1-2-20-14(17)10-21(18,19)16-9-11(7-8-15)12-5-3-4-6-13(12)16/h3-6,11H,2,7-10,15H2,1H3. The quantitative estimate of drug-likeness (QED) is 0.786. The van der Waals surface area contributed by atoms with E-state index in [1.54, 1.807) is 19.1 Å². The van der Waals surface area contributed by atoms with E-state index in [9.17, 15) is 13.2 Å². The highest BCUT2D eigenvalue weighted by atomic mass is 32.2. The van der Waals surface area contributed by atoms with Crippen molar-refractivity contribution >= 4 is 21.7 Å². The number of fused-ring (bicyclic) bond motifs is 1. The smallest absolute Gasteiger partial charge is 0.323 e. The zero-order valence-corrected chi connectivity index (χ0v) is 12.8. The molecule has 1 unspecified atom stereocenters. The lowest BCUT2D eigenvalue weighted by Gasteiger charge is -2.19. The molecule has 116 valence electrons. The maximum atomic E-state index is 12.4. The normalized spacial score (nSPS) is 17.6. The molecule has 1 aromatic carbocycles. The van der Waals surface area contributed by atoms with Gasteiger partial charge in [0.05, 0.1) is 12.3 Å². The Kier molecular flexibility index (Phi) is 4.84. The summed E-state index contributed by atoms with van der Waals surface area (Å²) in [5.74, 6) is -1.29. The molecule has 7 heteroatoms. The minimum absolute atomic E-state index is 0.0724.